The fourth-order valence-corrected chi connectivity index (χ4v) is 5.64. The van der Waals surface area contributed by atoms with Gasteiger partial charge >= 0.3 is 0 Å². The summed E-state index contributed by atoms with van der Waals surface area (Å²) >= 11 is 0. The van der Waals surface area contributed by atoms with Crippen molar-refractivity contribution in [2.45, 2.75) is 50.2 Å². The molecule has 172 valence electrons. The molecule has 2 aromatic rings. The average molecular weight is 446 g/mol. The number of nitrogens with two attached hydrogens (primary N) is 1. The molecule has 3 aliphatic heterocycles. The fourth-order valence-electron chi connectivity index (χ4n) is 5.64. The molecule has 3 unspecified atom stereocenters. The van der Waals surface area contributed by atoms with Gasteiger partial charge in [0.15, 0.2) is 0 Å². The molecule has 1 aromatic carbocycles. The van der Waals surface area contributed by atoms with E-state index in [4.69, 9.17) is 5.73 Å². The normalized spacial score (nSPS) is 25.9. The number of anilines is 2. The molecule has 3 N–H and O–H groups in total. The largest absolute Gasteiger partial charge is 0.383 e. The number of rotatable bonds is 7. The molecule has 33 heavy (non-hydrogen) atoms. The number of fused-ring (bicyclic) bond motifs is 2. The van der Waals surface area contributed by atoms with Crippen molar-refractivity contribution >= 4 is 23.8 Å². The third kappa shape index (κ3) is 4.42. The predicted molar refractivity (Wildman–Crippen MR) is 130 cm³/mol. The highest BCUT2D eigenvalue weighted by atomic mass is 16.2. The van der Waals surface area contributed by atoms with Gasteiger partial charge in [-0.1, -0.05) is 36.9 Å². The van der Waals surface area contributed by atoms with Crippen molar-refractivity contribution < 1.29 is 4.79 Å². The number of carbonyl (C=O) groups is 1. The van der Waals surface area contributed by atoms with Crippen molar-refractivity contribution in [3.05, 3.63) is 60.4 Å². The van der Waals surface area contributed by atoms with Crippen molar-refractivity contribution in [3.8, 4) is 0 Å². The number of nitrogens with one attached hydrogen (secondary N) is 1. The zero-order valence-electron chi connectivity index (χ0n) is 18.8. The first-order chi connectivity index (χ1) is 16.1. The Kier molecular flexibility index (Phi) is 5.98. The SMILES string of the molecule is C=CC(=O)N1C2CCC1CC(CNc1ncnc(N)c1C1C=NN(Cc3ccccc3)C1)C2. The van der Waals surface area contributed by atoms with Crippen LogP contribution in [0.2, 0.25) is 0 Å². The minimum absolute atomic E-state index is 0.0423. The van der Waals surface area contributed by atoms with Crippen LogP contribution in [0.25, 0.3) is 0 Å². The molecule has 3 atom stereocenters. The van der Waals surface area contributed by atoms with Gasteiger partial charge in [-0.2, -0.15) is 5.10 Å². The van der Waals surface area contributed by atoms with Crippen LogP contribution < -0.4 is 11.1 Å². The number of piperidine rings is 1. The first-order valence-electron chi connectivity index (χ1n) is 11.7. The van der Waals surface area contributed by atoms with Gasteiger partial charge in [-0.05, 0) is 43.2 Å². The smallest absolute Gasteiger partial charge is 0.246 e. The first-order valence-corrected chi connectivity index (χ1v) is 11.7. The van der Waals surface area contributed by atoms with E-state index in [0.717, 1.165) is 56.7 Å². The summed E-state index contributed by atoms with van der Waals surface area (Å²) < 4.78 is 0. The number of aromatic nitrogens is 2. The molecule has 5 rings (SSSR count). The van der Waals surface area contributed by atoms with Gasteiger partial charge in [0.25, 0.3) is 0 Å². The second-order valence-corrected chi connectivity index (χ2v) is 9.28. The lowest BCUT2D eigenvalue weighted by Gasteiger charge is -2.38. The highest BCUT2D eigenvalue weighted by molar-refractivity contribution is 5.87. The summed E-state index contributed by atoms with van der Waals surface area (Å²) in [5, 5.41) is 10.2. The highest BCUT2D eigenvalue weighted by Gasteiger charge is 2.42. The molecule has 0 aliphatic carbocycles. The van der Waals surface area contributed by atoms with Crippen LogP contribution in [0.1, 0.15) is 42.7 Å². The molecule has 2 fully saturated rings. The molecule has 4 heterocycles. The molecular formula is C25H31N7O. The molecule has 1 aromatic heterocycles. The Morgan fingerprint density at radius 2 is 1.94 bits per heavy atom. The summed E-state index contributed by atoms with van der Waals surface area (Å²) in [5.74, 6) is 1.89. The van der Waals surface area contributed by atoms with Crippen LogP contribution in [0.4, 0.5) is 11.6 Å². The number of hydrogen-bond acceptors (Lipinski definition) is 7. The molecule has 1 amide bonds. The van der Waals surface area contributed by atoms with E-state index in [2.05, 4.69) is 44.1 Å². The van der Waals surface area contributed by atoms with Crippen molar-refractivity contribution in [1.82, 2.24) is 19.9 Å². The van der Waals surface area contributed by atoms with E-state index in [1.54, 1.807) is 0 Å². The van der Waals surface area contributed by atoms with E-state index in [9.17, 15) is 4.79 Å². The minimum Gasteiger partial charge on any atom is -0.383 e. The van der Waals surface area contributed by atoms with E-state index in [1.807, 2.05) is 29.3 Å². The highest BCUT2D eigenvalue weighted by Crippen LogP contribution is 2.39. The van der Waals surface area contributed by atoms with Crippen molar-refractivity contribution in [2.24, 2.45) is 11.0 Å². The number of benzene rings is 1. The molecule has 2 saturated heterocycles. The van der Waals surface area contributed by atoms with Crippen molar-refractivity contribution in [3.63, 3.8) is 0 Å². The van der Waals surface area contributed by atoms with Crippen LogP contribution in [0.15, 0.2) is 54.4 Å². The average Bonchev–Trinajstić information content (AvgIpc) is 3.39. The summed E-state index contributed by atoms with van der Waals surface area (Å²) in [4.78, 5) is 23.1. The van der Waals surface area contributed by atoms with E-state index in [1.165, 1.54) is 18.0 Å². The summed E-state index contributed by atoms with van der Waals surface area (Å²) in [6.45, 7) is 5.98. The quantitative estimate of drug-likeness (QED) is 0.636. The Balaban J connectivity index is 1.23. The van der Waals surface area contributed by atoms with Crippen molar-refractivity contribution in [1.29, 1.82) is 0 Å². The second kappa shape index (κ2) is 9.21. The number of carbonyl (C=O) groups excluding carboxylic acids is 1. The van der Waals surface area contributed by atoms with Crippen LogP contribution in [0, 0.1) is 5.92 Å². The van der Waals surface area contributed by atoms with Gasteiger partial charge in [0, 0.05) is 42.9 Å². The Morgan fingerprint density at radius 1 is 1.18 bits per heavy atom. The Bertz CT molecular complexity index is 1030. The van der Waals surface area contributed by atoms with E-state index in [-0.39, 0.29) is 11.8 Å². The van der Waals surface area contributed by atoms with Crippen LogP contribution in [-0.2, 0) is 11.3 Å². The lowest BCUT2D eigenvalue weighted by molar-refractivity contribution is -0.130. The second-order valence-electron chi connectivity index (χ2n) is 9.28. The zero-order valence-corrected chi connectivity index (χ0v) is 18.8. The number of nitrogens with zero attached hydrogens (tertiary/aromatic N) is 5. The molecular weight excluding hydrogens is 414 g/mol. The molecule has 0 saturated carbocycles. The third-order valence-electron chi connectivity index (χ3n) is 7.13. The standard InChI is InChI=1S/C25H31N7O/c1-2-22(33)32-20-8-9-21(32)11-18(10-20)12-27-25-23(24(26)28-16-29-25)19-13-30-31(15-19)14-17-6-4-3-5-7-17/h2-7,13,16,18-21H,1,8-12,14-15H2,(H3,26,27,28,29). The van der Waals surface area contributed by atoms with Crippen molar-refractivity contribution in [2.75, 3.05) is 24.1 Å². The molecule has 8 heteroatoms. The molecule has 3 aliphatic rings. The number of hydrazone groups is 1. The third-order valence-corrected chi connectivity index (χ3v) is 7.13. The summed E-state index contributed by atoms with van der Waals surface area (Å²) in [6, 6.07) is 11.0. The molecule has 0 spiro atoms. The van der Waals surface area contributed by atoms with Gasteiger partial charge in [0.1, 0.15) is 18.0 Å². The Labute approximate surface area is 194 Å². The van der Waals surface area contributed by atoms with Gasteiger partial charge < -0.3 is 16.0 Å². The topological polar surface area (TPSA) is 99.7 Å². The molecule has 8 nitrogen and oxygen atoms in total. The van der Waals surface area contributed by atoms with Crippen LogP contribution in [0.3, 0.4) is 0 Å². The monoisotopic (exact) mass is 445 g/mol. The Morgan fingerprint density at radius 3 is 2.67 bits per heavy atom. The minimum atomic E-state index is 0.0423. The first kappa shape index (κ1) is 21.4. The lowest BCUT2D eigenvalue weighted by Crippen LogP contribution is -2.47. The summed E-state index contributed by atoms with van der Waals surface area (Å²) in [7, 11) is 0. The summed E-state index contributed by atoms with van der Waals surface area (Å²) in [6.07, 6.45) is 9.10. The maximum Gasteiger partial charge on any atom is 0.246 e. The van der Waals surface area contributed by atoms with Crippen LogP contribution in [-0.4, -0.2) is 57.2 Å². The fraction of sp³-hybridized carbons (Fsp3) is 0.440. The Hall–Kier alpha value is -3.42. The van der Waals surface area contributed by atoms with Gasteiger partial charge in [0.2, 0.25) is 5.91 Å². The van der Waals surface area contributed by atoms with E-state index < -0.39 is 0 Å². The van der Waals surface area contributed by atoms with Gasteiger partial charge in [-0.15, -0.1) is 0 Å². The van der Waals surface area contributed by atoms with Crippen LogP contribution in [0.5, 0.6) is 0 Å². The van der Waals surface area contributed by atoms with Gasteiger partial charge in [-0.25, -0.2) is 9.97 Å². The number of amides is 1. The maximum atomic E-state index is 12.2. The van der Waals surface area contributed by atoms with Gasteiger partial charge in [-0.3, -0.25) is 9.80 Å². The van der Waals surface area contributed by atoms with E-state index in [0.29, 0.717) is 23.8 Å². The van der Waals surface area contributed by atoms with E-state index >= 15 is 0 Å². The number of nitrogen functional groups attached to an aromatic ring is 1. The zero-order chi connectivity index (χ0) is 22.8. The predicted octanol–water partition coefficient (Wildman–Crippen LogP) is 3.01. The van der Waals surface area contributed by atoms with Crippen LogP contribution >= 0.6 is 0 Å². The number of hydrogen-bond donors (Lipinski definition) is 2. The summed E-state index contributed by atoms with van der Waals surface area (Å²) in [5.41, 5.74) is 8.44. The van der Waals surface area contributed by atoms with Gasteiger partial charge in [0.05, 0.1) is 6.54 Å². The maximum absolute atomic E-state index is 12.2. The molecule has 2 bridgehead atoms. The lowest BCUT2D eigenvalue weighted by atomic mass is 9.90. The molecule has 0 radical (unpaired) electrons.